The minimum Gasteiger partial charge on any atom is -0.346 e. The number of piperidine rings is 1. The summed E-state index contributed by atoms with van der Waals surface area (Å²) in [6.07, 6.45) is 6.89. The van der Waals surface area contributed by atoms with E-state index in [1.807, 2.05) is 16.8 Å². The molecule has 2 aliphatic heterocycles. The molecule has 1 N–H and O–H groups in total. The minimum absolute atomic E-state index is 0.0648. The molecule has 0 spiro atoms. The van der Waals surface area contributed by atoms with Crippen molar-refractivity contribution in [3.8, 4) is 0 Å². The van der Waals surface area contributed by atoms with E-state index >= 15 is 0 Å². The van der Waals surface area contributed by atoms with Gasteiger partial charge in [-0.05, 0) is 54.7 Å². The van der Waals surface area contributed by atoms with Crippen molar-refractivity contribution in [3.05, 3.63) is 22.4 Å². The lowest BCUT2D eigenvalue weighted by molar-refractivity contribution is 0.0906. The molecular weight excluding hydrogens is 318 g/mol. The molecule has 1 amide bonds. The summed E-state index contributed by atoms with van der Waals surface area (Å²) in [5.41, 5.74) is 0.758. The van der Waals surface area contributed by atoms with Gasteiger partial charge in [0.05, 0.1) is 0 Å². The Morgan fingerprint density at radius 3 is 3.05 bits per heavy atom. The summed E-state index contributed by atoms with van der Waals surface area (Å²) in [4.78, 5) is 15.0. The van der Waals surface area contributed by atoms with Gasteiger partial charge in [0.15, 0.2) is 0 Å². The largest absolute Gasteiger partial charge is 0.346 e. The maximum Gasteiger partial charge on any atom is 0.268 e. The molecule has 3 rings (SSSR count). The van der Waals surface area contributed by atoms with Gasteiger partial charge in [0.25, 0.3) is 5.91 Å². The summed E-state index contributed by atoms with van der Waals surface area (Å²) in [6.45, 7) is 5.21. The first-order valence-electron chi connectivity index (χ1n) is 7.59. The quantitative estimate of drug-likeness (QED) is 0.919. The highest BCUT2D eigenvalue weighted by molar-refractivity contribution is 9.10. The average Bonchev–Trinajstić information content (AvgIpc) is 3.03. The van der Waals surface area contributed by atoms with Gasteiger partial charge >= 0.3 is 0 Å². The van der Waals surface area contributed by atoms with Crippen molar-refractivity contribution in [3.63, 3.8) is 0 Å². The van der Waals surface area contributed by atoms with Crippen LogP contribution in [-0.4, -0.2) is 40.5 Å². The summed E-state index contributed by atoms with van der Waals surface area (Å²) >= 11 is 3.45. The van der Waals surface area contributed by atoms with Crippen molar-refractivity contribution in [1.82, 2.24) is 14.8 Å². The van der Waals surface area contributed by atoms with Gasteiger partial charge in [-0.3, -0.25) is 9.69 Å². The average molecular weight is 340 g/mol. The third kappa shape index (κ3) is 2.66. The van der Waals surface area contributed by atoms with Gasteiger partial charge in [0, 0.05) is 35.8 Å². The van der Waals surface area contributed by atoms with Crippen LogP contribution < -0.4 is 5.32 Å². The van der Waals surface area contributed by atoms with E-state index in [1.54, 1.807) is 0 Å². The molecule has 2 saturated heterocycles. The maximum absolute atomic E-state index is 12.5. The number of amides is 1. The number of nitrogens with one attached hydrogen (secondary N) is 1. The highest BCUT2D eigenvalue weighted by atomic mass is 79.9. The Balaban J connectivity index is 1.69. The Hall–Kier alpha value is -0.810. The van der Waals surface area contributed by atoms with Crippen molar-refractivity contribution in [2.45, 2.75) is 51.2 Å². The van der Waals surface area contributed by atoms with Gasteiger partial charge in [-0.15, -0.1) is 0 Å². The predicted molar refractivity (Wildman–Crippen MR) is 82.9 cm³/mol. The first kappa shape index (κ1) is 14.1. The normalized spacial score (nSPS) is 26.5. The molecule has 0 saturated carbocycles. The Kier molecular flexibility index (Phi) is 4.17. The van der Waals surface area contributed by atoms with Gasteiger partial charge in [0.2, 0.25) is 0 Å². The fourth-order valence-corrected chi connectivity index (χ4v) is 4.05. The van der Waals surface area contributed by atoms with E-state index in [9.17, 15) is 4.79 Å². The molecule has 0 bridgehead atoms. The highest BCUT2D eigenvalue weighted by Gasteiger charge is 2.36. The van der Waals surface area contributed by atoms with Crippen LogP contribution in [0.25, 0.3) is 0 Å². The van der Waals surface area contributed by atoms with E-state index < -0.39 is 0 Å². The van der Waals surface area contributed by atoms with Crippen LogP contribution >= 0.6 is 15.9 Å². The second kappa shape index (κ2) is 5.90. The van der Waals surface area contributed by atoms with E-state index in [0.29, 0.717) is 12.1 Å². The van der Waals surface area contributed by atoms with E-state index in [2.05, 4.69) is 33.1 Å². The second-order valence-electron chi connectivity index (χ2n) is 5.80. The van der Waals surface area contributed by atoms with Crippen molar-refractivity contribution in [2.75, 3.05) is 13.1 Å². The van der Waals surface area contributed by atoms with E-state index in [1.165, 1.54) is 25.8 Å². The molecule has 0 aliphatic carbocycles. The Labute approximate surface area is 128 Å². The topological polar surface area (TPSA) is 37.3 Å². The summed E-state index contributed by atoms with van der Waals surface area (Å²) in [5.74, 6) is 0.0648. The van der Waals surface area contributed by atoms with Crippen LogP contribution in [0.3, 0.4) is 0 Å². The van der Waals surface area contributed by atoms with E-state index in [-0.39, 0.29) is 5.91 Å². The number of aryl methyl sites for hydroxylation is 1. The number of halogens is 1. The lowest BCUT2D eigenvalue weighted by Gasteiger charge is -2.32. The van der Waals surface area contributed by atoms with Crippen LogP contribution in [0.4, 0.5) is 0 Å². The standard InChI is InChI=1S/C15H22BrN3O/c1-2-18-10-11(16)9-14(18)15(20)17-12-6-8-19-7-4-3-5-13(12)19/h9-10,12-13H,2-8H2,1H3,(H,17,20). The summed E-state index contributed by atoms with van der Waals surface area (Å²) in [7, 11) is 0. The third-order valence-corrected chi connectivity index (χ3v) is 5.04. The number of rotatable bonds is 3. The zero-order valence-corrected chi connectivity index (χ0v) is 13.5. The molecule has 5 heteroatoms. The van der Waals surface area contributed by atoms with Gasteiger partial charge in [-0.25, -0.2) is 0 Å². The molecule has 2 unspecified atom stereocenters. The van der Waals surface area contributed by atoms with E-state index in [4.69, 9.17) is 0 Å². The highest BCUT2D eigenvalue weighted by Crippen LogP contribution is 2.27. The number of fused-ring (bicyclic) bond motifs is 1. The van der Waals surface area contributed by atoms with Crippen molar-refractivity contribution >= 4 is 21.8 Å². The molecule has 2 aliphatic rings. The van der Waals surface area contributed by atoms with Crippen LogP contribution in [0.1, 0.15) is 43.1 Å². The summed E-state index contributed by atoms with van der Waals surface area (Å²) in [5, 5.41) is 3.26. The number of aromatic nitrogens is 1. The van der Waals surface area contributed by atoms with Crippen molar-refractivity contribution < 1.29 is 4.79 Å². The Bertz CT molecular complexity index is 499. The van der Waals surface area contributed by atoms with Crippen LogP contribution in [0.15, 0.2) is 16.7 Å². The monoisotopic (exact) mass is 339 g/mol. The predicted octanol–water partition coefficient (Wildman–Crippen LogP) is 2.63. The van der Waals surface area contributed by atoms with Gasteiger partial charge < -0.3 is 9.88 Å². The summed E-state index contributed by atoms with van der Waals surface area (Å²) < 4.78 is 2.96. The summed E-state index contributed by atoms with van der Waals surface area (Å²) in [6, 6.07) is 2.79. The van der Waals surface area contributed by atoms with Gasteiger partial charge in [-0.2, -0.15) is 0 Å². The smallest absolute Gasteiger partial charge is 0.268 e. The number of carbonyl (C=O) groups excluding carboxylic acids is 1. The van der Waals surface area contributed by atoms with Crippen molar-refractivity contribution in [2.24, 2.45) is 0 Å². The Morgan fingerprint density at radius 2 is 2.25 bits per heavy atom. The third-order valence-electron chi connectivity index (χ3n) is 4.61. The molecule has 0 aromatic carbocycles. The number of hydrogen-bond acceptors (Lipinski definition) is 2. The molecule has 110 valence electrons. The molecule has 1 aromatic rings. The molecule has 20 heavy (non-hydrogen) atoms. The zero-order chi connectivity index (χ0) is 14.1. The van der Waals surface area contributed by atoms with E-state index in [0.717, 1.165) is 29.7 Å². The van der Waals surface area contributed by atoms with Crippen LogP contribution in [0.5, 0.6) is 0 Å². The fraction of sp³-hybridized carbons (Fsp3) is 0.667. The molecule has 1 aromatic heterocycles. The second-order valence-corrected chi connectivity index (χ2v) is 6.71. The maximum atomic E-state index is 12.5. The fourth-order valence-electron chi connectivity index (χ4n) is 3.58. The molecule has 4 nitrogen and oxygen atoms in total. The molecule has 2 fully saturated rings. The molecule has 2 atom stereocenters. The number of carbonyl (C=O) groups is 1. The van der Waals surface area contributed by atoms with Crippen LogP contribution in [-0.2, 0) is 6.54 Å². The lowest BCUT2D eigenvalue weighted by atomic mass is 9.99. The van der Waals surface area contributed by atoms with Gasteiger partial charge in [0.1, 0.15) is 5.69 Å². The zero-order valence-electron chi connectivity index (χ0n) is 11.9. The SMILES string of the molecule is CCn1cc(Br)cc1C(=O)NC1CCN2CCCCC12. The molecule has 3 heterocycles. The lowest BCUT2D eigenvalue weighted by Crippen LogP contribution is -2.47. The van der Waals surface area contributed by atoms with Crippen molar-refractivity contribution in [1.29, 1.82) is 0 Å². The Morgan fingerprint density at radius 1 is 1.40 bits per heavy atom. The molecular formula is C15H22BrN3O. The van der Waals surface area contributed by atoms with Gasteiger partial charge in [-0.1, -0.05) is 6.42 Å². The number of hydrogen-bond donors (Lipinski definition) is 1. The minimum atomic E-state index is 0.0648. The molecule has 0 radical (unpaired) electrons. The van der Waals surface area contributed by atoms with Crippen LogP contribution in [0, 0.1) is 0 Å². The number of nitrogens with zero attached hydrogens (tertiary/aromatic N) is 2. The first-order chi connectivity index (χ1) is 9.69. The van der Waals surface area contributed by atoms with Crippen LogP contribution in [0.2, 0.25) is 0 Å². The first-order valence-corrected chi connectivity index (χ1v) is 8.39.